The zero-order valence-electron chi connectivity index (χ0n) is 7.96. The molecule has 1 aromatic rings. The summed E-state index contributed by atoms with van der Waals surface area (Å²) in [4.78, 5) is 4.12. The third kappa shape index (κ3) is 4.67. The molecule has 0 aliphatic rings. The summed E-state index contributed by atoms with van der Waals surface area (Å²) in [7, 11) is 0. The summed E-state index contributed by atoms with van der Waals surface area (Å²) in [6, 6.07) is 2.13. The van der Waals surface area contributed by atoms with E-state index in [1.807, 2.05) is 24.2 Å². The molecule has 0 N–H and O–H groups in total. The number of hydrogen-bond acceptors (Lipinski definition) is 2. The van der Waals surface area contributed by atoms with Gasteiger partial charge in [-0.3, -0.25) is 4.98 Å². The highest BCUT2D eigenvalue weighted by molar-refractivity contribution is 9.10. The van der Waals surface area contributed by atoms with Crippen LogP contribution >= 0.6 is 27.7 Å². The van der Waals surface area contributed by atoms with Crippen molar-refractivity contribution in [2.75, 3.05) is 5.75 Å². The number of nitrogens with zero attached hydrogens (tertiary/aromatic N) is 1. The van der Waals surface area contributed by atoms with E-state index in [-0.39, 0.29) is 0 Å². The van der Waals surface area contributed by atoms with Gasteiger partial charge < -0.3 is 0 Å². The van der Waals surface area contributed by atoms with Crippen molar-refractivity contribution in [2.45, 2.75) is 19.6 Å². The summed E-state index contributed by atoms with van der Waals surface area (Å²) in [6.45, 7) is 4.48. The third-order valence-corrected chi connectivity index (χ3v) is 3.35. The molecule has 0 bridgehead atoms. The fourth-order valence-corrected chi connectivity index (χ4v) is 2.34. The Kier molecular flexibility index (Phi) is 4.81. The minimum atomic E-state index is 0.769. The van der Waals surface area contributed by atoms with E-state index < -0.39 is 0 Å². The zero-order chi connectivity index (χ0) is 9.68. The number of hydrogen-bond donors (Lipinski definition) is 0. The third-order valence-electron chi connectivity index (χ3n) is 1.48. The first-order chi connectivity index (χ1) is 6.18. The standard InChI is InChI=1S/C10H14BrNS/c1-8(2)6-13-7-9-3-10(11)5-12-4-9/h3-5,8H,6-7H2,1-2H3. The van der Waals surface area contributed by atoms with E-state index >= 15 is 0 Å². The van der Waals surface area contributed by atoms with Crippen LogP contribution in [0.4, 0.5) is 0 Å². The number of thioether (sulfide) groups is 1. The molecule has 0 amide bonds. The first-order valence-electron chi connectivity index (χ1n) is 4.35. The van der Waals surface area contributed by atoms with Gasteiger partial charge in [0.05, 0.1) is 0 Å². The van der Waals surface area contributed by atoms with Gasteiger partial charge in [-0.05, 0) is 39.2 Å². The summed E-state index contributed by atoms with van der Waals surface area (Å²) < 4.78 is 1.06. The van der Waals surface area contributed by atoms with Gasteiger partial charge in [0.1, 0.15) is 0 Å². The van der Waals surface area contributed by atoms with Gasteiger partial charge in [0.2, 0.25) is 0 Å². The molecule has 0 fully saturated rings. The molecular formula is C10H14BrNS. The number of aromatic nitrogens is 1. The molecule has 0 unspecified atom stereocenters. The highest BCUT2D eigenvalue weighted by Crippen LogP contribution is 2.17. The van der Waals surface area contributed by atoms with Crippen molar-refractivity contribution in [3.8, 4) is 0 Å². The summed E-state index contributed by atoms with van der Waals surface area (Å²) in [6.07, 6.45) is 3.74. The predicted octanol–water partition coefficient (Wildman–Crippen LogP) is 3.73. The molecule has 0 atom stereocenters. The van der Waals surface area contributed by atoms with Crippen molar-refractivity contribution in [2.24, 2.45) is 5.92 Å². The Labute approximate surface area is 92.5 Å². The van der Waals surface area contributed by atoms with Crippen LogP contribution in [0.5, 0.6) is 0 Å². The minimum absolute atomic E-state index is 0.769. The van der Waals surface area contributed by atoms with E-state index in [0.29, 0.717) is 0 Å². The van der Waals surface area contributed by atoms with E-state index in [1.54, 1.807) is 0 Å². The molecular weight excluding hydrogens is 246 g/mol. The van der Waals surface area contributed by atoms with Crippen LogP contribution in [-0.4, -0.2) is 10.7 Å². The van der Waals surface area contributed by atoms with Crippen LogP contribution in [0.25, 0.3) is 0 Å². The summed E-state index contributed by atoms with van der Waals surface area (Å²) >= 11 is 5.37. The van der Waals surface area contributed by atoms with Crippen LogP contribution < -0.4 is 0 Å². The molecule has 0 aromatic carbocycles. The molecule has 0 saturated carbocycles. The number of pyridine rings is 1. The maximum atomic E-state index is 4.12. The van der Waals surface area contributed by atoms with E-state index in [1.165, 1.54) is 11.3 Å². The SMILES string of the molecule is CC(C)CSCc1cncc(Br)c1. The lowest BCUT2D eigenvalue weighted by molar-refractivity contribution is 0.750. The van der Waals surface area contributed by atoms with Crippen molar-refractivity contribution in [3.05, 3.63) is 28.5 Å². The van der Waals surface area contributed by atoms with Crippen molar-refractivity contribution in [1.29, 1.82) is 0 Å². The normalized spacial score (nSPS) is 10.8. The zero-order valence-corrected chi connectivity index (χ0v) is 10.4. The van der Waals surface area contributed by atoms with E-state index in [9.17, 15) is 0 Å². The van der Waals surface area contributed by atoms with Crippen LogP contribution in [0.2, 0.25) is 0 Å². The van der Waals surface area contributed by atoms with Crippen LogP contribution in [0.1, 0.15) is 19.4 Å². The Morgan fingerprint density at radius 2 is 2.23 bits per heavy atom. The largest absolute Gasteiger partial charge is 0.263 e. The number of rotatable bonds is 4. The van der Waals surface area contributed by atoms with Gasteiger partial charge in [-0.25, -0.2) is 0 Å². The Balaban J connectivity index is 2.37. The Hall–Kier alpha value is -0.0200. The quantitative estimate of drug-likeness (QED) is 0.818. The van der Waals surface area contributed by atoms with Gasteiger partial charge in [-0.1, -0.05) is 13.8 Å². The molecule has 1 rings (SSSR count). The Morgan fingerprint density at radius 1 is 1.46 bits per heavy atom. The topological polar surface area (TPSA) is 12.9 Å². The van der Waals surface area contributed by atoms with Crippen molar-refractivity contribution < 1.29 is 0 Å². The van der Waals surface area contributed by atoms with Gasteiger partial charge in [0.15, 0.2) is 0 Å². The lowest BCUT2D eigenvalue weighted by atomic mass is 10.3. The van der Waals surface area contributed by atoms with E-state index in [2.05, 4.69) is 40.8 Å². The highest BCUT2D eigenvalue weighted by atomic mass is 79.9. The van der Waals surface area contributed by atoms with Crippen LogP contribution in [0.15, 0.2) is 22.9 Å². The minimum Gasteiger partial charge on any atom is -0.263 e. The van der Waals surface area contributed by atoms with Crippen LogP contribution in [0.3, 0.4) is 0 Å². The first-order valence-corrected chi connectivity index (χ1v) is 6.30. The van der Waals surface area contributed by atoms with Crippen LogP contribution in [0, 0.1) is 5.92 Å². The van der Waals surface area contributed by atoms with Crippen molar-refractivity contribution >= 4 is 27.7 Å². The first kappa shape index (κ1) is 11.1. The molecule has 0 aliphatic carbocycles. The summed E-state index contributed by atoms with van der Waals surface area (Å²) in [5.74, 6) is 3.04. The summed E-state index contributed by atoms with van der Waals surface area (Å²) in [5, 5.41) is 0. The van der Waals surface area contributed by atoms with Gasteiger partial charge in [0.25, 0.3) is 0 Å². The molecule has 13 heavy (non-hydrogen) atoms. The Morgan fingerprint density at radius 3 is 2.85 bits per heavy atom. The summed E-state index contributed by atoms with van der Waals surface area (Å²) in [5.41, 5.74) is 1.29. The molecule has 0 radical (unpaired) electrons. The molecule has 72 valence electrons. The van der Waals surface area contributed by atoms with Crippen molar-refractivity contribution in [1.82, 2.24) is 4.98 Å². The van der Waals surface area contributed by atoms with E-state index in [0.717, 1.165) is 16.1 Å². The van der Waals surface area contributed by atoms with Crippen LogP contribution in [-0.2, 0) is 5.75 Å². The lowest BCUT2D eigenvalue weighted by Gasteiger charge is -2.04. The molecule has 3 heteroatoms. The average Bonchev–Trinajstić information content (AvgIpc) is 2.03. The molecule has 1 heterocycles. The lowest BCUT2D eigenvalue weighted by Crippen LogP contribution is -1.91. The van der Waals surface area contributed by atoms with Gasteiger partial charge >= 0.3 is 0 Å². The molecule has 0 spiro atoms. The second-order valence-corrected chi connectivity index (χ2v) is 5.37. The smallest absolute Gasteiger partial charge is 0.0410 e. The molecule has 0 saturated heterocycles. The second-order valence-electron chi connectivity index (χ2n) is 3.42. The fraction of sp³-hybridized carbons (Fsp3) is 0.500. The predicted molar refractivity (Wildman–Crippen MR) is 62.9 cm³/mol. The average molecular weight is 260 g/mol. The Bertz CT molecular complexity index is 263. The van der Waals surface area contributed by atoms with Gasteiger partial charge in [-0.2, -0.15) is 11.8 Å². The monoisotopic (exact) mass is 259 g/mol. The van der Waals surface area contributed by atoms with E-state index in [4.69, 9.17) is 0 Å². The van der Waals surface area contributed by atoms with Crippen molar-refractivity contribution in [3.63, 3.8) is 0 Å². The fourth-order valence-electron chi connectivity index (χ4n) is 0.947. The molecule has 1 nitrogen and oxygen atoms in total. The maximum absolute atomic E-state index is 4.12. The molecule has 1 aromatic heterocycles. The molecule has 0 aliphatic heterocycles. The van der Waals surface area contributed by atoms with Gasteiger partial charge in [-0.15, -0.1) is 0 Å². The van der Waals surface area contributed by atoms with Gasteiger partial charge in [0, 0.05) is 22.6 Å². The number of halogens is 1. The second kappa shape index (κ2) is 5.66. The highest BCUT2D eigenvalue weighted by Gasteiger charge is 1.97. The maximum Gasteiger partial charge on any atom is 0.0410 e.